The molecule has 0 saturated heterocycles. The van der Waals surface area contributed by atoms with Gasteiger partial charge in [0, 0.05) is 16.5 Å². The maximum atomic E-state index is 12.9. The highest BCUT2D eigenvalue weighted by molar-refractivity contribution is 6.43. The van der Waals surface area contributed by atoms with Crippen LogP contribution in [0, 0.1) is 0 Å². The average molecular weight is 420 g/mol. The number of amides is 1. The van der Waals surface area contributed by atoms with Crippen LogP contribution in [0.25, 0.3) is 22.2 Å². The zero-order valence-corrected chi connectivity index (χ0v) is 16.7. The molecule has 4 rings (SSSR count). The molecule has 0 saturated carbocycles. The molecule has 0 aliphatic carbocycles. The van der Waals surface area contributed by atoms with Gasteiger partial charge in [0.2, 0.25) is 0 Å². The van der Waals surface area contributed by atoms with E-state index in [1.165, 1.54) is 6.21 Å². The number of halogens is 2. The number of benzene rings is 3. The first-order valence-corrected chi connectivity index (χ1v) is 9.62. The molecular weight excluding hydrogens is 405 g/mol. The van der Waals surface area contributed by atoms with E-state index in [0.29, 0.717) is 21.2 Å². The summed E-state index contributed by atoms with van der Waals surface area (Å²) in [5.74, 6) is -0.338. The van der Waals surface area contributed by atoms with Crippen molar-refractivity contribution in [1.29, 1.82) is 0 Å². The lowest BCUT2D eigenvalue weighted by Crippen LogP contribution is -2.18. The Hall–Kier alpha value is -3.21. The summed E-state index contributed by atoms with van der Waals surface area (Å²) in [6.45, 7) is 0. The van der Waals surface area contributed by atoms with Crippen molar-refractivity contribution < 1.29 is 4.79 Å². The lowest BCUT2D eigenvalue weighted by atomic mass is 10.0. The maximum Gasteiger partial charge on any atom is 0.272 e. The summed E-state index contributed by atoms with van der Waals surface area (Å²) in [6, 6.07) is 24.2. The van der Waals surface area contributed by atoms with Gasteiger partial charge in [-0.05, 0) is 18.2 Å². The van der Waals surface area contributed by atoms with Crippen LogP contribution in [0.1, 0.15) is 15.9 Å². The summed E-state index contributed by atoms with van der Waals surface area (Å²) >= 11 is 12.2. The highest BCUT2D eigenvalue weighted by Crippen LogP contribution is 2.25. The molecule has 1 N–H and O–H groups in total. The number of hydrogen-bond donors (Lipinski definition) is 1. The Kier molecular flexibility index (Phi) is 5.56. The Morgan fingerprint density at radius 1 is 0.931 bits per heavy atom. The fourth-order valence-corrected chi connectivity index (χ4v) is 3.32. The molecule has 0 aliphatic heterocycles. The Morgan fingerprint density at radius 3 is 2.52 bits per heavy atom. The number of hydrazone groups is 1. The SMILES string of the molecule is O=C(N/N=C/c1cccc(Cl)c1Cl)c1cc(-c2ccccc2)nc2ccccc12. The Morgan fingerprint density at radius 2 is 1.69 bits per heavy atom. The first-order chi connectivity index (χ1) is 14.1. The Balaban J connectivity index is 1.68. The molecule has 29 heavy (non-hydrogen) atoms. The highest BCUT2D eigenvalue weighted by atomic mass is 35.5. The predicted octanol–water partition coefficient (Wildman–Crippen LogP) is 5.97. The summed E-state index contributed by atoms with van der Waals surface area (Å²) in [5.41, 5.74) is 6.06. The number of pyridine rings is 1. The largest absolute Gasteiger partial charge is 0.272 e. The molecule has 3 aromatic carbocycles. The van der Waals surface area contributed by atoms with Gasteiger partial charge in [-0.3, -0.25) is 4.79 Å². The van der Waals surface area contributed by atoms with E-state index in [2.05, 4.69) is 15.5 Å². The van der Waals surface area contributed by atoms with Gasteiger partial charge in [0.1, 0.15) is 0 Å². The molecule has 1 heterocycles. The van der Waals surface area contributed by atoms with E-state index in [1.807, 2.05) is 54.6 Å². The molecule has 0 unspecified atom stereocenters. The zero-order valence-electron chi connectivity index (χ0n) is 15.1. The standard InChI is InChI=1S/C23H15Cl2N3O/c24-19-11-6-9-16(22(19)25)14-26-28-23(29)18-13-21(15-7-2-1-3-8-15)27-20-12-5-4-10-17(18)20/h1-14H,(H,28,29)/b26-14+. The fourth-order valence-electron chi connectivity index (χ4n) is 2.96. The van der Waals surface area contributed by atoms with Gasteiger partial charge in [-0.2, -0.15) is 5.10 Å². The van der Waals surface area contributed by atoms with Crippen LogP contribution in [0.15, 0.2) is 84.0 Å². The van der Waals surface area contributed by atoms with Crippen molar-refractivity contribution in [2.75, 3.05) is 0 Å². The third kappa shape index (κ3) is 4.14. The first-order valence-electron chi connectivity index (χ1n) is 8.86. The van der Waals surface area contributed by atoms with Crippen LogP contribution in [0.2, 0.25) is 10.0 Å². The zero-order chi connectivity index (χ0) is 20.2. The lowest BCUT2D eigenvalue weighted by Gasteiger charge is -2.09. The molecule has 1 amide bonds. The topological polar surface area (TPSA) is 54.4 Å². The smallest absolute Gasteiger partial charge is 0.267 e. The molecule has 0 bridgehead atoms. The Labute approximate surface area is 177 Å². The van der Waals surface area contributed by atoms with E-state index in [9.17, 15) is 4.79 Å². The van der Waals surface area contributed by atoms with Crippen LogP contribution in [0.3, 0.4) is 0 Å². The van der Waals surface area contributed by atoms with Crippen LogP contribution in [-0.4, -0.2) is 17.1 Å². The predicted molar refractivity (Wildman–Crippen MR) is 119 cm³/mol. The summed E-state index contributed by atoms with van der Waals surface area (Å²) in [7, 11) is 0. The minimum atomic E-state index is -0.338. The molecular formula is C23H15Cl2N3O. The first kappa shape index (κ1) is 19.1. The van der Waals surface area contributed by atoms with Gasteiger partial charge in [0.25, 0.3) is 5.91 Å². The van der Waals surface area contributed by atoms with Crippen LogP contribution in [0.4, 0.5) is 0 Å². The van der Waals surface area contributed by atoms with Crippen molar-refractivity contribution in [3.05, 3.63) is 100 Å². The number of hydrogen-bond acceptors (Lipinski definition) is 3. The van der Waals surface area contributed by atoms with Gasteiger partial charge in [-0.25, -0.2) is 10.4 Å². The monoisotopic (exact) mass is 419 g/mol. The quantitative estimate of drug-likeness (QED) is 0.327. The number of rotatable bonds is 4. The third-order valence-electron chi connectivity index (χ3n) is 4.38. The molecule has 4 aromatic rings. The van der Waals surface area contributed by atoms with Gasteiger partial charge >= 0.3 is 0 Å². The molecule has 142 valence electrons. The van der Waals surface area contributed by atoms with Crippen LogP contribution in [0.5, 0.6) is 0 Å². The minimum Gasteiger partial charge on any atom is -0.267 e. The van der Waals surface area contributed by atoms with E-state index in [1.54, 1.807) is 24.3 Å². The molecule has 6 heteroatoms. The van der Waals surface area contributed by atoms with E-state index in [-0.39, 0.29) is 5.91 Å². The van der Waals surface area contributed by atoms with Crippen molar-refractivity contribution in [1.82, 2.24) is 10.4 Å². The molecule has 4 nitrogen and oxygen atoms in total. The van der Waals surface area contributed by atoms with E-state index in [4.69, 9.17) is 23.2 Å². The van der Waals surface area contributed by atoms with Crippen molar-refractivity contribution in [2.24, 2.45) is 5.10 Å². The number of fused-ring (bicyclic) bond motifs is 1. The van der Waals surface area contributed by atoms with Crippen LogP contribution >= 0.6 is 23.2 Å². The molecule has 0 fully saturated rings. The third-order valence-corrected chi connectivity index (χ3v) is 5.22. The van der Waals surface area contributed by atoms with Crippen LogP contribution < -0.4 is 5.43 Å². The van der Waals surface area contributed by atoms with E-state index >= 15 is 0 Å². The van der Waals surface area contributed by atoms with Gasteiger partial charge < -0.3 is 0 Å². The minimum absolute atomic E-state index is 0.338. The average Bonchev–Trinajstić information content (AvgIpc) is 2.76. The summed E-state index contributed by atoms with van der Waals surface area (Å²) in [4.78, 5) is 17.6. The normalized spacial score (nSPS) is 11.1. The number of nitrogens with one attached hydrogen (secondary N) is 1. The van der Waals surface area contributed by atoms with E-state index < -0.39 is 0 Å². The highest BCUT2D eigenvalue weighted by Gasteiger charge is 2.13. The van der Waals surface area contributed by atoms with Crippen molar-refractivity contribution in [3.8, 4) is 11.3 Å². The molecule has 0 radical (unpaired) electrons. The second-order valence-corrected chi connectivity index (χ2v) is 7.07. The number of aromatic nitrogens is 1. The van der Waals surface area contributed by atoms with Gasteiger partial charge in [-0.1, -0.05) is 83.9 Å². The van der Waals surface area contributed by atoms with Gasteiger partial charge in [0.15, 0.2) is 0 Å². The van der Waals surface area contributed by atoms with E-state index in [0.717, 1.165) is 22.2 Å². The lowest BCUT2D eigenvalue weighted by molar-refractivity contribution is 0.0956. The van der Waals surface area contributed by atoms with Crippen molar-refractivity contribution >= 4 is 46.2 Å². The van der Waals surface area contributed by atoms with Gasteiger partial charge in [0.05, 0.1) is 33.0 Å². The number of carbonyl (C=O) groups is 1. The van der Waals surface area contributed by atoms with Crippen molar-refractivity contribution in [3.63, 3.8) is 0 Å². The van der Waals surface area contributed by atoms with Crippen LogP contribution in [-0.2, 0) is 0 Å². The molecule has 1 aromatic heterocycles. The van der Waals surface area contributed by atoms with Gasteiger partial charge in [-0.15, -0.1) is 0 Å². The molecule has 0 spiro atoms. The summed E-state index contributed by atoms with van der Waals surface area (Å²) < 4.78 is 0. The number of nitrogens with zero attached hydrogens (tertiary/aromatic N) is 2. The second-order valence-electron chi connectivity index (χ2n) is 6.28. The summed E-state index contributed by atoms with van der Waals surface area (Å²) in [6.07, 6.45) is 1.47. The Bertz CT molecular complexity index is 1220. The number of carbonyl (C=O) groups excluding carboxylic acids is 1. The maximum absolute atomic E-state index is 12.9. The molecule has 0 atom stereocenters. The number of para-hydroxylation sites is 1. The second kappa shape index (κ2) is 8.43. The van der Waals surface area contributed by atoms with Crippen molar-refractivity contribution in [2.45, 2.75) is 0 Å². The molecule has 0 aliphatic rings. The summed E-state index contributed by atoms with van der Waals surface area (Å²) in [5, 5.41) is 5.60. The fraction of sp³-hybridized carbons (Fsp3) is 0.